The maximum atomic E-state index is 12.4. The van der Waals surface area contributed by atoms with Gasteiger partial charge in [0.15, 0.2) is 0 Å². The van der Waals surface area contributed by atoms with Crippen LogP contribution in [-0.4, -0.2) is 5.11 Å². The Kier molecular flexibility index (Phi) is 3.89. The van der Waals surface area contributed by atoms with Crippen LogP contribution in [0.4, 0.5) is 0 Å². The van der Waals surface area contributed by atoms with E-state index in [9.17, 15) is 5.11 Å². The van der Waals surface area contributed by atoms with E-state index in [4.69, 9.17) is 12.2 Å². The van der Waals surface area contributed by atoms with Crippen molar-refractivity contribution in [2.75, 3.05) is 0 Å². The molecule has 128 valence electrons. The fourth-order valence-electron chi connectivity index (χ4n) is 3.76. The Hall–Kier alpha value is -1.42. The molecule has 1 nitrogen and oxygen atoms in total. The van der Waals surface area contributed by atoms with Gasteiger partial charge in [-0.3, -0.25) is 0 Å². The summed E-state index contributed by atoms with van der Waals surface area (Å²) in [5, 5.41) is 16.4. The third kappa shape index (κ3) is 2.05. The highest BCUT2D eigenvalue weighted by molar-refractivity contribution is 8.49. The van der Waals surface area contributed by atoms with E-state index in [1.165, 1.54) is 5.56 Å². The van der Waals surface area contributed by atoms with Gasteiger partial charge >= 0.3 is 0 Å². The molecular weight excluding hydrogens is 395 g/mol. The summed E-state index contributed by atoms with van der Waals surface area (Å²) in [5.74, 6) is 0. The molecule has 1 aliphatic heterocycles. The number of rotatable bonds is 2. The van der Waals surface area contributed by atoms with Crippen molar-refractivity contribution in [3.8, 4) is 11.1 Å². The SMILES string of the molecule is O[C@]1(c2ccccc2)c2sccc2-c2ccsc2[P+]1([S-])c1ccccc1. The van der Waals surface area contributed by atoms with Crippen molar-refractivity contribution in [2.24, 2.45) is 0 Å². The number of hydrogen-bond donors (Lipinski definition) is 1. The topological polar surface area (TPSA) is 20.2 Å². The van der Waals surface area contributed by atoms with E-state index in [2.05, 4.69) is 35.0 Å². The highest BCUT2D eigenvalue weighted by atomic mass is 32.7. The van der Waals surface area contributed by atoms with Crippen LogP contribution in [0.2, 0.25) is 0 Å². The summed E-state index contributed by atoms with van der Waals surface area (Å²) in [6.45, 7) is -2.53. The second kappa shape index (κ2) is 6.05. The van der Waals surface area contributed by atoms with E-state index in [1.54, 1.807) is 22.7 Å². The Morgan fingerprint density at radius 1 is 0.769 bits per heavy atom. The molecule has 0 spiro atoms. The first-order valence-corrected chi connectivity index (χ1v) is 12.8. The van der Waals surface area contributed by atoms with Crippen molar-refractivity contribution in [1.29, 1.82) is 0 Å². The molecule has 1 unspecified atom stereocenters. The average Bonchev–Trinajstić information content (AvgIpc) is 3.37. The smallest absolute Gasteiger partial charge is 0.226 e. The monoisotopic (exact) mass is 410 g/mol. The Morgan fingerprint density at radius 3 is 2.12 bits per heavy atom. The first-order valence-electron chi connectivity index (χ1n) is 8.27. The fourth-order valence-corrected chi connectivity index (χ4v) is 12.1. The molecule has 1 aliphatic rings. The number of aliphatic hydroxyl groups is 1. The van der Waals surface area contributed by atoms with E-state index in [0.29, 0.717) is 0 Å². The van der Waals surface area contributed by atoms with E-state index >= 15 is 0 Å². The molecular formula is C21H15OPS3. The summed E-state index contributed by atoms with van der Waals surface area (Å²) in [7, 11) is 0. The maximum Gasteiger partial charge on any atom is 0.226 e. The lowest BCUT2D eigenvalue weighted by molar-refractivity contribution is 0.180. The molecule has 0 fully saturated rings. The Bertz CT molecular complexity index is 985. The molecule has 0 saturated heterocycles. The average molecular weight is 411 g/mol. The molecule has 26 heavy (non-hydrogen) atoms. The molecule has 0 saturated carbocycles. The van der Waals surface area contributed by atoms with Crippen LogP contribution in [0, 0.1) is 0 Å². The number of thiophene rings is 2. The summed E-state index contributed by atoms with van der Waals surface area (Å²) in [4.78, 5) is 0.974. The maximum absolute atomic E-state index is 12.4. The van der Waals surface area contributed by atoms with Crippen LogP contribution in [0.15, 0.2) is 83.6 Å². The first kappa shape index (κ1) is 16.7. The van der Waals surface area contributed by atoms with Gasteiger partial charge in [0, 0.05) is 23.2 Å². The molecule has 0 aliphatic carbocycles. The lowest BCUT2D eigenvalue weighted by atomic mass is 10.0. The van der Waals surface area contributed by atoms with Gasteiger partial charge in [0.05, 0.1) is 10.2 Å². The number of fused-ring (bicyclic) bond motifs is 3. The fraction of sp³-hybridized carbons (Fsp3) is 0.0476. The van der Waals surface area contributed by atoms with Crippen molar-refractivity contribution in [2.45, 2.75) is 5.34 Å². The summed E-state index contributed by atoms with van der Waals surface area (Å²) >= 11 is 9.75. The standard InChI is InChI=1S/C21H15OPS3/c22-21(15-7-3-1-4-8-15)19-17(11-13-25-19)18-12-14-26-20(18)23(21,24)16-9-5-2-6-10-16/h1-14,22H/t21-,23?/m0/s1. The largest absolute Gasteiger partial charge is 0.541 e. The zero-order valence-corrected chi connectivity index (χ0v) is 17.0. The van der Waals surface area contributed by atoms with E-state index in [1.807, 2.05) is 48.5 Å². The Balaban J connectivity index is 1.93. The summed E-state index contributed by atoms with van der Waals surface area (Å²) in [6.07, 6.45) is 0. The van der Waals surface area contributed by atoms with E-state index < -0.39 is 11.8 Å². The van der Waals surface area contributed by atoms with Gasteiger partial charge < -0.3 is 17.4 Å². The second-order valence-corrected chi connectivity index (χ2v) is 12.9. The van der Waals surface area contributed by atoms with Gasteiger partial charge in [0.25, 0.3) is 0 Å². The molecule has 1 N–H and O–H groups in total. The van der Waals surface area contributed by atoms with E-state index in [0.717, 1.165) is 25.9 Å². The molecule has 0 radical (unpaired) electrons. The van der Waals surface area contributed by atoms with Gasteiger partial charge in [0.1, 0.15) is 4.62 Å². The minimum absolute atomic E-state index is 0.884. The van der Waals surface area contributed by atoms with Crippen molar-refractivity contribution in [3.05, 3.63) is 94.0 Å². The van der Waals surface area contributed by atoms with Crippen LogP contribution in [-0.2, 0) is 17.6 Å². The van der Waals surface area contributed by atoms with Gasteiger partial charge in [-0.2, -0.15) is 0 Å². The molecule has 0 bridgehead atoms. The number of hydrogen-bond acceptors (Lipinski definition) is 4. The van der Waals surface area contributed by atoms with E-state index in [-0.39, 0.29) is 0 Å². The van der Waals surface area contributed by atoms with Crippen LogP contribution in [0.25, 0.3) is 11.1 Å². The van der Waals surface area contributed by atoms with Crippen molar-refractivity contribution in [3.63, 3.8) is 0 Å². The molecule has 3 heterocycles. The minimum Gasteiger partial charge on any atom is -0.541 e. The quantitative estimate of drug-likeness (QED) is 0.366. The van der Waals surface area contributed by atoms with Crippen LogP contribution in [0.5, 0.6) is 0 Å². The Labute approximate surface area is 166 Å². The van der Waals surface area contributed by atoms with Gasteiger partial charge in [-0.15, -0.1) is 22.7 Å². The van der Waals surface area contributed by atoms with Crippen LogP contribution < -0.4 is 9.92 Å². The molecule has 2 aromatic carbocycles. The Morgan fingerprint density at radius 2 is 1.38 bits per heavy atom. The summed E-state index contributed by atoms with van der Waals surface area (Å²) in [5.41, 5.74) is 3.20. The molecule has 5 rings (SSSR count). The van der Waals surface area contributed by atoms with Gasteiger partial charge in [-0.25, -0.2) is 0 Å². The van der Waals surface area contributed by atoms with Gasteiger partial charge in [-0.1, -0.05) is 48.5 Å². The minimum atomic E-state index is -2.53. The summed E-state index contributed by atoms with van der Waals surface area (Å²) < 4.78 is 1.15. The normalized spacial score (nSPS) is 24.1. The molecule has 5 heteroatoms. The lowest BCUT2D eigenvalue weighted by Crippen LogP contribution is -2.42. The lowest BCUT2D eigenvalue weighted by Gasteiger charge is -2.48. The van der Waals surface area contributed by atoms with Crippen LogP contribution in [0.3, 0.4) is 0 Å². The van der Waals surface area contributed by atoms with Crippen LogP contribution >= 0.6 is 29.1 Å². The molecule has 2 atom stereocenters. The molecule has 4 aromatic rings. The summed E-state index contributed by atoms with van der Waals surface area (Å²) in [6, 6.07) is 24.4. The highest BCUT2D eigenvalue weighted by Crippen LogP contribution is 2.75. The number of benzene rings is 2. The zero-order chi connectivity index (χ0) is 17.8. The second-order valence-electron chi connectivity index (χ2n) is 6.29. The zero-order valence-electron chi connectivity index (χ0n) is 13.7. The highest BCUT2D eigenvalue weighted by Gasteiger charge is 2.59. The molecule has 0 amide bonds. The predicted octanol–water partition coefficient (Wildman–Crippen LogP) is 5.11. The van der Waals surface area contributed by atoms with Gasteiger partial charge in [-0.05, 0) is 35.0 Å². The van der Waals surface area contributed by atoms with Crippen molar-refractivity contribution >= 4 is 51.3 Å². The third-order valence-corrected chi connectivity index (χ3v) is 13.5. The van der Waals surface area contributed by atoms with Crippen LogP contribution in [0.1, 0.15) is 10.4 Å². The van der Waals surface area contributed by atoms with Crippen molar-refractivity contribution in [1.82, 2.24) is 0 Å². The molecule has 2 aromatic heterocycles. The predicted molar refractivity (Wildman–Crippen MR) is 117 cm³/mol. The van der Waals surface area contributed by atoms with Crippen molar-refractivity contribution < 1.29 is 5.11 Å². The third-order valence-electron chi connectivity index (χ3n) is 4.95. The first-order chi connectivity index (χ1) is 12.7. The van der Waals surface area contributed by atoms with Gasteiger partial charge in [0.2, 0.25) is 5.34 Å².